The number of carbonyl (C=O) groups excluding carboxylic acids is 1. The van der Waals surface area contributed by atoms with Crippen molar-refractivity contribution in [3.8, 4) is 0 Å². The van der Waals surface area contributed by atoms with Gasteiger partial charge in [-0.3, -0.25) is 4.79 Å². The molecule has 11 heavy (non-hydrogen) atoms. The molecule has 0 N–H and O–H groups in total. The molecule has 0 radical (unpaired) electrons. The first-order chi connectivity index (χ1) is 5.13. The number of Topliss-reactive ketones (excluding diaryl/α,β-unsaturated/α-hetero) is 1. The van der Waals surface area contributed by atoms with Crippen molar-refractivity contribution in [1.82, 2.24) is 0 Å². The Labute approximate surface area is 68.5 Å². The molecule has 0 saturated carbocycles. The Hall–Kier alpha value is -0.590. The zero-order valence-corrected chi connectivity index (χ0v) is 7.50. The molecule has 3 atom stereocenters. The summed E-state index contributed by atoms with van der Waals surface area (Å²) in [6, 6.07) is 0. The van der Waals surface area contributed by atoms with Crippen LogP contribution in [0.5, 0.6) is 0 Å². The first kappa shape index (κ1) is 8.51. The van der Waals surface area contributed by atoms with Crippen LogP contribution in [0.25, 0.3) is 0 Å². The topological polar surface area (TPSA) is 17.1 Å². The van der Waals surface area contributed by atoms with Crippen LogP contribution in [0.2, 0.25) is 0 Å². The third-order valence-corrected chi connectivity index (χ3v) is 2.60. The van der Waals surface area contributed by atoms with Crippen molar-refractivity contribution in [3.05, 3.63) is 12.2 Å². The molecule has 0 unspecified atom stereocenters. The van der Waals surface area contributed by atoms with Crippen LogP contribution in [0, 0.1) is 17.8 Å². The van der Waals surface area contributed by atoms with Crippen LogP contribution in [-0.2, 0) is 4.79 Å². The van der Waals surface area contributed by atoms with Gasteiger partial charge < -0.3 is 0 Å². The molecule has 0 fully saturated rings. The van der Waals surface area contributed by atoms with E-state index < -0.39 is 0 Å². The van der Waals surface area contributed by atoms with Crippen LogP contribution >= 0.6 is 0 Å². The van der Waals surface area contributed by atoms with E-state index in [9.17, 15) is 4.79 Å². The minimum Gasteiger partial charge on any atom is -0.300 e. The predicted molar refractivity (Wildman–Crippen MR) is 46.3 cm³/mol. The Kier molecular flexibility index (Phi) is 2.48. The molecule has 0 aromatic carbocycles. The number of rotatable bonds is 1. The molecule has 1 heteroatoms. The second-order valence-electron chi connectivity index (χ2n) is 3.64. The van der Waals surface area contributed by atoms with Crippen LogP contribution in [-0.4, -0.2) is 5.78 Å². The van der Waals surface area contributed by atoms with Crippen LogP contribution in [0.1, 0.15) is 27.2 Å². The maximum Gasteiger partial charge on any atom is 0.133 e. The molecule has 1 aliphatic rings. The Morgan fingerprint density at radius 2 is 2.09 bits per heavy atom. The molecule has 0 aromatic rings. The SMILES string of the molecule is CC(=O)[C@H]1[C@H](C)C=CC[C@@H]1C. The summed E-state index contributed by atoms with van der Waals surface area (Å²) in [6.45, 7) is 5.99. The lowest BCUT2D eigenvalue weighted by Gasteiger charge is -2.28. The minimum absolute atomic E-state index is 0.264. The highest BCUT2D eigenvalue weighted by atomic mass is 16.1. The van der Waals surface area contributed by atoms with Gasteiger partial charge in [0.15, 0.2) is 0 Å². The van der Waals surface area contributed by atoms with Crippen molar-refractivity contribution in [2.45, 2.75) is 27.2 Å². The summed E-state index contributed by atoms with van der Waals surface area (Å²) in [5.41, 5.74) is 0. The maximum atomic E-state index is 11.2. The molecular weight excluding hydrogens is 136 g/mol. The monoisotopic (exact) mass is 152 g/mol. The van der Waals surface area contributed by atoms with Crippen molar-refractivity contribution >= 4 is 5.78 Å². The third kappa shape index (κ3) is 1.70. The summed E-state index contributed by atoms with van der Waals surface area (Å²) in [4.78, 5) is 11.2. The van der Waals surface area contributed by atoms with E-state index in [1.807, 2.05) is 0 Å². The second-order valence-corrected chi connectivity index (χ2v) is 3.64. The van der Waals surface area contributed by atoms with E-state index in [0.29, 0.717) is 17.6 Å². The Morgan fingerprint density at radius 3 is 2.45 bits per heavy atom. The molecule has 1 aliphatic carbocycles. The average molecular weight is 152 g/mol. The van der Waals surface area contributed by atoms with Crippen molar-refractivity contribution in [2.75, 3.05) is 0 Å². The zero-order valence-electron chi connectivity index (χ0n) is 7.50. The number of hydrogen-bond acceptors (Lipinski definition) is 1. The van der Waals surface area contributed by atoms with E-state index in [0.717, 1.165) is 6.42 Å². The highest BCUT2D eigenvalue weighted by Crippen LogP contribution is 2.30. The van der Waals surface area contributed by atoms with Crippen molar-refractivity contribution < 1.29 is 4.79 Å². The van der Waals surface area contributed by atoms with Gasteiger partial charge in [0.25, 0.3) is 0 Å². The van der Waals surface area contributed by atoms with Gasteiger partial charge in [0.05, 0.1) is 0 Å². The van der Waals surface area contributed by atoms with E-state index in [2.05, 4.69) is 26.0 Å². The van der Waals surface area contributed by atoms with Crippen molar-refractivity contribution in [2.24, 2.45) is 17.8 Å². The van der Waals surface area contributed by atoms with E-state index in [1.165, 1.54) is 0 Å². The summed E-state index contributed by atoms with van der Waals surface area (Å²) in [5, 5.41) is 0. The molecule has 0 heterocycles. The Bertz CT molecular complexity index is 181. The van der Waals surface area contributed by atoms with Crippen molar-refractivity contribution in [1.29, 1.82) is 0 Å². The lowest BCUT2D eigenvalue weighted by Crippen LogP contribution is -2.27. The lowest BCUT2D eigenvalue weighted by molar-refractivity contribution is -0.123. The van der Waals surface area contributed by atoms with Crippen LogP contribution in [0.4, 0.5) is 0 Å². The number of hydrogen-bond donors (Lipinski definition) is 0. The standard InChI is InChI=1S/C10H16O/c1-7-5-4-6-8(2)10(7)9(3)11/h4-5,7-8,10H,6H2,1-3H3/t7-,8+,10+/m1/s1. The first-order valence-electron chi connectivity index (χ1n) is 4.30. The maximum absolute atomic E-state index is 11.2. The zero-order chi connectivity index (χ0) is 8.43. The number of ketones is 1. The number of allylic oxidation sites excluding steroid dienone is 2. The molecular formula is C10H16O. The lowest BCUT2D eigenvalue weighted by atomic mass is 9.76. The van der Waals surface area contributed by atoms with E-state index in [-0.39, 0.29) is 5.92 Å². The van der Waals surface area contributed by atoms with Gasteiger partial charge in [0.1, 0.15) is 5.78 Å². The highest BCUT2D eigenvalue weighted by Gasteiger charge is 2.27. The van der Waals surface area contributed by atoms with Gasteiger partial charge in [-0.05, 0) is 25.2 Å². The highest BCUT2D eigenvalue weighted by molar-refractivity contribution is 5.79. The Morgan fingerprint density at radius 1 is 1.45 bits per heavy atom. The summed E-state index contributed by atoms with van der Waals surface area (Å²) in [6.07, 6.45) is 5.41. The largest absolute Gasteiger partial charge is 0.300 e. The van der Waals surface area contributed by atoms with E-state index >= 15 is 0 Å². The summed E-state index contributed by atoms with van der Waals surface area (Å²) >= 11 is 0. The van der Waals surface area contributed by atoms with Gasteiger partial charge in [0.2, 0.25) is 0 Å². The van der Waals surface area contributed by atoms with Gasteiger partial charge >= 0.3 is 0 Å². The minimum atomic E-state index is 0.264. The summed E-state index contributed by atoms with van der Waals surface area (Å²) < 4.78 is 0. The van der Waals surface area contributed by atoms with Gasteiger partial charge in [-0.1, -0.05) is 26.0 Å². The predicted octanol–water partition coefficient (Wildman–Crippen LogP) is 2.42. The first-order valence-corrected chi connectivity index (χ1v) is 4.30. The van der Waals surface area contributed by atoms with Gasteiger partial charge in [-0.15, -0.1) is 0 Å². The van der Waals surface area contributed by atoms with Gasteiger partial charge in [-0.2, -0.15) is 0 Å². The molecule has 0 bridgehead atoms. The quantitative estimate of drug-likeness (QED) is 0.527. The average Bonchev–Trinajstić information content (AvgIpc) is 1.85. The summed E-state index contributed by atoms with van der Waals surface area (Å²) in [5.74, 6) is 1.58. The number of carbonyl (C=O) groups is 1. The fourth-order valence-electron chi connectivity index (χ4n) is 2.06. The van der Waals surface area contributed by atoms with E-state index in [1.54, 1.807) is 6.92 Å². The molecule has 0 spiro atoms. The van der Waals surface area contributed by atoms with Gasteiger partial charge in [0, 0.05) is 5.92 Å². The Balaban J connectivity index is 2.74. The fraction of sp³-hybridized carbons (Fsp3) is 0.700. The normalized spacial score (nSPS) is 37.2. The second kappa shape index (κ2) is 3.21. The molecule has 62 valence electrons. The van der Waals surface area contributed by atoms with Crippen LogP contribution in [0.15, 0.2) is 12.2 Å². The fourth-order valence-corrected chi connectivity index (χ4v) is 2.06. The molecule has 0 aliphatic heterocycles. The summed E-state index contributed by atoms with van der Waals surface area (Å²) in [7, 11) is 0. The van der Waals surface area contributed by atoms with E-state index in [4.69, 9.17) is 0 Å². The van der Waals surface area contributed by atoms with Gasteiger partial charge in [-0.25, -0.2) is 0 Å². The van der Waals surface area contributed by atoms with Crippen LogP contribution in [0.3, 0.4) is 0 Å². The third-order valence-electron chi connectivity index (χ3n) is 2.60. The van der Waals surface area contributed by atoms with Crippen molar-refractivity contribution in [3.63, 3.8) is 0 Å². The molecule has 1 nitrogen and oxygen atoms in total. The molecule has 0 saturated heterocycles. The van der Waals surface area contributed by atoms with Crippen LogP contribution < -0.4 is 0 Å². The smallest absolute Gasteiger partial charge is 0.133 e. The molecule has 1 rings (SSSR count). The molecule has 0 aromatic heterocycles. The molecule has 0 amide bonds.